The van der Waals surface area contributed by atoms with Gasteiger partial charge in [-0.1, -0.05) is 26.8 Å². The molecule has 1 saturated heterocycles. The number of carbonyl (C=O) groups is 3. The highest BCUT2D eigenvalue weighted by Crippen LogP contribution is 2.65. The highest BCUT2D eigenvalue weighted by atomic mass is 16.7. The molecule has 5 rings (SSSR count). The van der Waals surface area contributed by atoms with Crippen molar-refractivity contribution in [2.75, 3.05) is 13.3 Å². The lowest BCUT2D eigenvalue weighted by Crippen LogP contribution is -2.50. The van der Waals surface area contributed by atoms with Crippen LogP contribution >= 0.6 is 0 Å². The second-order valence-corrected chi connectivity index (χ2v) is 10.2. The largest absolute Gasteiger partial charge is 0.454 e. The number of fused-ring (bicyclic) bond motifs is 3. The Morgan fingerprint density at radius 1 is 1.19 bits per heavy atom. The number of ether oxygens (including phenoxy) is 2. The van der Waals surface area contributed by atoms with Crippen molar-refractivity contribution in [2.45, 2.75) is 58.5 Å². The van der Waals surface area contributed by atoms with Gasteiger partial charge in [0, 0.05) is 6.04 Å². The van der Waals surface area contributed by atoms with E-state index in [1.165, 1.54) is 6.42 Å². The molecule has 0 radical (unpaired) electrons. The minimum absolute atomic E-state index is 0.0333. The molecular weight excluding hydrogens is 398 g/mol. The van der Waals surface area contributed by atoms with Crippen LogP contribution in [0.2, 0.25) is 0 Å². The SMILES string of the molecule is CC1(C)[C@@H]2CC[C@]1(C)[C@@H](NC(=O)CN1C(=O)N[C@@](C)(c3ccc4c(c3)OCO4)C1=O)C2. The highest BCUT2D eigenvalue weighted by molar-refractivity contribution is 6.09. The Balaban J connectivity index is 1.30. The van der Waals surface area contributed by atoms with Gasteiger partial charge in [-0.3, -0.25) is 14.5 Å². The molecule has 2 aliphatic heterocycles. The van der Waals surface area contributed by atoms with Crippen molar-refractivity contribution in [3.8, 4) is 11.5 Å². The number of benzene rings is 1. The van der Waals surface area contributed by atoms with E-state index in [-0.39, 0.29) is 36.1 Å². The molecule has 2 bridgehead atoms. The van der Waals surface area contributed by atoms with E-state index in [0.29, 0.717) is 23.0 Å². The average molecular weight is 428 g/mol. The van der Waals surface area contributed by atoms with E-state index in [1.807, 2.05) is 0 Å². The summed E-state index contributed by atoms with van der Waals surface area (Å²) in [7, 11) is 0. The van der Waals surface area contributed by atoms with Gasteiger partial charge < -0.3 is 20.1 Å². The fourth-order valence-electron chi connectivity index (χ4n) is 6.05. The number of carbonyl (C=O) groups excluding carboxylic acids is 3. The van der Waals surface area contributed by atoms with Crippen LogP contribution in [0.1, 0.15) is 52.5 Å². The lowest BCUT2D eigenvalue weighted by molar-refractivity contribution is -0.135. The molecule has 3 fully saturated rings. The van der Waals surface area contributed by atoms with Crippen molar-refractivity contribution in [2.24, 2.45) is 16.7 Å². The van der Waals surface area contributed by atoms with Crippen molar-refractivity contribution in [1.82, 2.24) is 15.5 Å². The van der Waals surface area contributed by atoms with Gasteiger partial charge in [-0.25, -0.2) is 4.79 Å². The number of rotatable bonds is 4. The van der Waals surface area contributed by atoms with E-state index in [9.17, 15) is 14.4 Å². The van der Waals surface area contributed by atoms with Gasteiger partial charge in [0.15, 0.2) is 11.5 Å². The van der Waals surface area contributed by atoms with Crippen LogP contribution in [0, 0.1) is 16.7 Å². The summed E-state index contributed by atoms with van der Waals surface area (Å²) in [4.78, 5) is 39.7. The van der Waals surface area contributed by atoms with Crippen molar-refractivity contribution in [1.29, 1.82) is 0 Å². The molecule has 4 atom stereocenters. The molecule has 0 unspecified atom stereocenters. The molecule has 4 amide bonds. The van der Waals surface area contributed by atoms with Gasteiger partial charge in [-0.2, -0.15) is 0 Å². The summed E-state index contributed by atoms with van der Waals surface area (Å²) in [6.07, 6.45) is 3.22. The third-order valence-electron chi connectivity index (χ3n) is 8.66. The van der Waals surface area contributed by atoms with E-state index < -0.39 is 17.5 Å². The molecule has 8 nitrogen and oxygen atoms in total. The zero-order valence-corrected chi connectivity index (χ0v) is 18.4. The maximum atomic E-state index is 13.2. The summed E-state index contributed by atoms with van der Waals surface area (Å²) >= 11 is 0. The Morgan fingerprint density at radius 3 is 2.61 bits per heavy atom. The maximum absolute atomic E-state index is 13.2. The first kappa shape index (κ1) is 20.2. The van der Waals surface area contributed by atoms with E-state index >= 15 is 0 Å². The van der Waals surface area contributed by atoms with Crippen LogP contribution in [0.4, 0.5) is 4.79 Å². The molecule has 2 N–H and O–H groups in total. The van der Waals surface area contributed by atoms with Gasteiger partial charge in [-0.05, 0) is 60.6 Å². The van der Waals surface area contributed by atoms with Crippen LogP contribution in [-0.2, 0) is 15.1 Å². The highest BCUT2D eigenvalue weighted by Gasteiger charge is 2.61. The lowest BCUT2D eigenvalue weighted by atomic mass is 9.69. The summed E-state index contributed by atoms with van der Waals surface area (Å²) < 4.78 is 10.7. The van der Waals surface area contributed by atoms with E-state index in [0.717, 1.165) is 17.7 Å². The number of hydrogen-bond acceptors (Lipinski definition) is 5. The molecule has 1 aromatic rings. The quantitative estimate of drug-likeness (QED) is 0.720. The van der Waals surface area contributed by atoms with E-state index in [1.54, 1.807) is 25.1 Å². The Labute approximate surface area is 181 Å². The molecule has 1 aromatic carbocycles. The van der Waals surface area contributed by atoms with E-state index in [4.69, 9.17) is 9.47 Å². The fraction of sp³-hybridized carbons (Fsp3) is 0.609. The fourth-order valence-corrected chi connectivity index (χ4v) is 6.05. The molecule has 8 heteroatoms. The predicted molar refractivity (Wildman–Crippen MR) is 111 cm³/mol. The normalized spacial score (nSPS) is 34.9. The molecular formula is C23H29N3O5. The zero-order chi connectivity index (χ0) is 22.2. The number of hydrogen-bond donors (Lipinski definition) is 2. The Kier molecular flexibility index (Phi) is 4.14. The van der Waals surface area contributed by atoms with Gasteiger partial charge in [0.25, 0.3) is 5.91 Å². The molecule has 31 heavy (non-hydrogen) atoms. The van der Waals surface area contributed by atoms with Crippen LogP contribution in [-0.4, -0.2) is 42.1 Å². The minimum atomic E-state index is -1.27. The van der Waals surface area contributed by atoms with Crippen molar-refractivity contribution >= 4 is 17.8 Å². The Morgan fingerprint density at radius 2 is 1.94 bits per heavy atom. The number of nitrogens with one attached hydrogen (secondary N) is 2. The van der Waals surface area contributed by atoms with Crippen LogP contribution in [0.3, 0.4) is 0 Å². The number of urea groups is 1. The summed E-state index contributed by atoms with van der Waals surface area (Å²) in [5.74, 6) is 0.972. The first-order valence-electron chi connectivity index (χ1n) is 10.9. The third kappa shape index (κ3) is 2.69. The molecule has 0 spiro atoms. The first-order valence-corrected chi connectivity index (χ1v) is 10.9. The van der Waals surface area contributed by atoms with E-state index in [2.05, 4.69) is 31.4 Å². The summed E-state index contributed by atoms with van der Waals surface area (Å²) in [6.45, 7) is 8.29. The number of amides is 4. The Bertz CT molecular complexity index is 991. The van der Waals surface area contributed by atoms with Gasteiger partial charge >= 0.3 is 6.03 Å². The van der Waals surface area contributed by atoms with Crippen molar-refractivity contribution < 1.29 is 23.9 Å². The minimum Gasteiger partial charge on any atom is -0.454 e. The standard InChI is InChI=1S/C23H29N3O5/c1-21(2)13-7-8-22(21,3)17(10-13)24-18(27)11-26-19(28)23(4,25-20(26)29)14-5-6-15-16(9-14)31-12-30-15/h5-6,9,13,17H,7-8,10-12H2,1-4H3,(H,24,27)(H,25,29)/t13-,17+,22-,23+/m1/s1. The molecule has 2 aliphatic carbocycles. The average Bonchev–Trinajstić information content (AvgIpc) is 3.38. The predicted octanol–water partition coefficient (Wildman–Crippen LogP) is 2.51. The van der Waals surface area contributed by atoms with Gasteiger partial charge in [0.2, 0.25) is 12.7 Å². The van der Waals surface area contributed by atoms with Gasteiger partial charge in [-0.15, -0.1) is 0 Å². The van der Waals surface area contributed by atoms with Crippen LogP contribution in [0.5, 0.6) is 11.5 Å². The maximum Gasteiger partial charge on any atom is 0.325 e. The Hall–Kier alpha value is -2.77. The molecule has 4 aliphatic rings. The lowest BCUT2D eigenvalue weighted by Gasteiger charge is -2.39. The molecule has 0 aromatic heterocycles. The zero-order valence-electron chi connectivity index (χ0n) is 18.4. The molecule has 166 valence electrons. The molecule has 2 saturated carbocycles. The van der Waals surface area contributed by atoms with Gasteiger partial charge in [0.1, 0.15) is 12.1 Å². The van der Waals surface area contributed by atoms with Crippen LogP contribution < -0.4 is 20.1 Å². The first-order chi connectivity index (χ1) is 14.6. The number of imide groups is 1. The van der Waals surface area contributed by atoms with Crippen molar-refractivity contribution in [3.05, 3.63) is 23.8 Å². The number of nitrogens with zero attached hydrogens (tertiary/aromatic N) is 1. The summed E-state index contributed by atoms with van der Waals surface area (Å²) in [6, 6.07) is 4.64. The van der Waals surface area contributed by atoms with Crippen LogP contribution in [0.25, 0.3) is 0 Å². The third-order valence-corrected chi connectivity index (χ3v) is 8.66. The van der Waals surface area contributed by atoms with Gasteiger partial charge in [0.05, 0.1) is 0 Å². The smallest absolute Gasteiger partial charge is 0.325 e. The second kappa shape index (κ2) is 6.37. The summed E-state index contributed by atoms with van der Waals surface area (Å²) in [5, 5.41) is 5.87. The molecule has 2 heterocycles. The topological polar surface area (TPSA) is 97.0 Å². The van der Waals surface area contributed by atoms with Crippen LogP contribution in [0.15, 0.2) is 18.2 Å². The van der Waals surface area contributed by atoms with Crippen molar-refractivity contribution in [3.63, 3.8) is 0 Å². The monoisotopic (exact) mass is 427 g/mol. The second-order valence-electron chi connectivity index (χ2n) is 10.2. The summed E-state index contributed by atoms with van der Waals surface area (Å²) in [5.41, 5.74) is -0.478.